The van der Waals surface area contributed by atoms with Gasteiger partial charge >= 0.3 is 0 Å². The predicted octanol–water partition coefficient (Wildman–Crippen LogP) is 0.0404. The van der Waals surface area contributed by atoms with Crippen molar-refractivity contribution in [1.29, 1.82) is 0 Å². The first-order valence-electron chi connectivity index (χ1n) is 4.69. The second kappa shape index (κ2) is 4.39. The SMILES string of the molecule is CCS(=O)(=O)N1CCC(CCO)C1. The zero-order valence-electron chi connectivity index (χ0n) is 7.94. The molecule has 1 atom stereocenters. The molecule has 1 fully saturated rings. The van der Waals surface area contributed by atoms with Crippen molar-refractivity contribution in [2.24, 2.45) is 5.92 Å². The maximum Gasteiger partial charge on any atom is 0.213 e. The third-order valence-electron chi connectivity index (χ3n) is 2.54. The van der Waals surface area contributed by atoms with E-state index in [0.29, 0.717) is 19.0 Å². The highest BCUT2D eigenvalue weighted by molar-refractivity contribution is 7.89. The van der Waals surface area contributed by atoms with E-state index in [4.69, 9.17) is 5.11 Å². The molecule has 0 aliphatic carbocycles. The molecule has 1 saturated heterocycles. The number of aliphatic hydroxyl groups excluding tert-OH is 1. The molecule has 1 unspecified atom stereocenters. The van der Waals surface area contributed by atoms with Gasteiger partial charge in [-0.2, -0.15) is 0 Å². The smallest absolute Gasteiger partial charge is 0.213 e. The Morgan fingerprint density at radius 2 is 2.23 bits per heavy atom. The van der Waals surface area contributed by atoms with Crippen LogP contribution in [0.2, 0.25) is 0 Å². The molecule has 0 aromatic carbocycles. The van der Waals surface area contributed by atoms with Crippen LogP contribution in [-0.4, -0.2) is 43.3 Å². The first-order chi connectivity index (χ1) is 6.10. The lowest BCUT2D eigenvalue weighted by atomic mass is 10.1. The lowest BCUT2D eigenvalue weighted by Gasteiger charge is -2.14. The van der Waals surface area contributed by atoms with Gasteiger partial charge in [0.15, 0.2) is 0 Å². The van der Waals surface area contributed by atoms with Gasteiger partial charge in [-0.15, -0.1) is 0 Å². The van der Waals surface area contributed by atoms with Gasteiger partial charge in [-0.1, -0.05) is 0 Å². The van der Waals surface area contributed by atoms with Gasteiger partial charge in [0.2, 0.25) is 10.0 Å². The summed E-state index contributed by atoms with van der Waals surface area (Å²) in [6.45, 7) is 3.04. The molecule has 0 radical (unpaired) electrons. The Balaban J connectivity index is 2.50. The van der Waals surface area contributed by atoms with E-state index in [0.717, 1.165) is 12.8 Å². The number of rotatable bonds is 4. The van der Waals surface area contributed by atoms with Gasteiger partial charge < -0.3 is 5.11 Å². The summed E-state index contributed by atoms with van der Waals surface area (Å²) in [4.78, 5) is 0. The van der Waals surface area contributed by atoms with E-state index in [9.17, 15) is 8.42 Å². The Morgan fingerprint density at radius 1 is 1.54 bits per heavy atom. The van der Waals surface area contributed by atoms with Crippen LogP contribution in [0.5, 0.6) is 0 Å². The van der Waals surface area contributed by atoms with Crippen molar-refractivity contribution >= 4 is 10.0 Å². The van der Waals surface area contributed by atoms with E-state index in [1.165, 1.54) is 4.31 Å². The molecule has 0 aromatic rings. The molecule has 1 aliphatic heterocycles. The van der Waals surface area contributed by atoms with Crippen molar-refractivity contribution in [3.8, 4) is 0 Å². The molecule has 78 valence electrons. The summed E-state index contributed by atoms with van der Waals surface area (Å²) >= 11 is 0. The molecule has 1 N–H and O–H groups in total. The van der Waals surface area contributed by atoms with E-state index in [2.05, 4.69) is 0 Å². The van der Waals surface area contributed by atoms with Crippen LogP contribution in [0.15, 0.2) is 0 Å². The van der Waals surface area contributed by atoms with Gasteiger partial charge in [0.05, 0.1) is 5.75 Å². The molecule has 13 heavy (non-hydrogen) atoms. The summed E-state index contributed by atoms with van der Waals surface area (Å²) in [5, 5.41) is 8.70. The van der Waals surface area contributed by atoms with Gasteiger partial charge in [0.25, 0.3) is 0 Å². The van der Waals surface area contributed by atoms with Crippen molar-refractivity contribution in [3.05, 3.63) is 0 Å². The maximum absolute atomic E-state index is 11.4. The van der Waals surface area contributed by atoms with Gasteiger partial charge in [0, 0.05) is 19.7 Å². The number of sulfonamides is 1. The minimum absolute atomic E-state index is 0.157. The summed E-state index contributed by atoms with van der Waals surface area (Å²) in [6.07, 6.45) is 1.61. The van der Waals surface area contributed by atoms with Crippen molar-refractivity contribution < 1.29 is 13.5 Å². The first-order valence-corrected chi connectivity index (χ1v) is 6.29. The summed E-state index contributed by atoms with van der Waals surface area (Å²) in [5.41, 5.74) is 0. The van der Waals surface area contributed by atoms with Crippen LogP contribution in [0.1, 0.15) is 19.8 Å². The molecule has 0 saturated carbocycles. The molecular weight excluding hydrogens is 190 g/mol. The Morgan fingerprint density at radius 3 is 2.77 bits per heavy atom. The zero-order valence-corrected chi connectivity index (χ0v) is 8.76. The van der Waals surface area contributed by atoms with Crippen LogP contribution in [0.25, 0.3) is 0 Å². The number of aliphatic hydroxyl groups is 1. The Labute approximate surface area is 79.6 Å². The normalized spacial score (nSPS) is 25.2. The largest absolute Gasteiger partial charge is 0.396 e. The summed E-state index contributed by atoms with van der Waals surface area (Å²) in [6, 6.07) is 0. The second-order valence-corrected chi connectivity index (χ2v) is 5.68. The molecule has 1 heterocycles. The van der Waals surface area contributed by atoms with E-state index in [-0.39, 0.29) is 12.4 Å². The Bertz CT molecular complexity index is 250. The highest BCUT2D eigenvalue weighted by atomic mass is 32.2. The van der Waals surface area contributed by atoms with Gasteiger partial charge in [-0.25, -0.2) is 12.7 Å². The minimum atomic E-state index is -3.00. The molecule has 1 aliphatic rings. The van der Waals surface area contributed by atoms with Gasteiger partial charge in [-0.3, -0.25) is 0 Å². The summed E-state index contributed by atoms with van der Waals surface area (Å²) in [7, 11) is -3.00. The van der Waals surface area contributed by atoms with Crippen LogP contribution < -0.4 is 0 Å². The summed E-state index contributed by atoms with van der Waals surface area (Å²) < 4.78 is 24.4. The first kappa shape index (κ1) is 10.9. The second-order valence-electron chi connectivity index (χ2n) is 3.43. The van der Waals surface area contributed by atoms with E-state index in [1.54, 1.807) is 6.92 Å². The lowest BCUT2D eigenvalue weighted by molar-refractivity contribution is 0.260. The number of hydrogen-bond donors (Lipinski definition) is 1. The molecule has 0 amide bonds. The van der Waals surface area contributed by atoms with Crippen LogP contribution in [-0.2, 0) is 10.0 Å². The van der Waals surface area contributed by atoms with E-state index in [1.807, 2.05) is 0 Å². The van der Waals surface area contributed by atoms with Crippen LogP contribution in [0, 0.1) is 5.92 Å². The average Bonchev–Trinajstić information content (AvgIpc) is 2.54. The van der Waals surface area contributed by atoms with Crippen LogP contribution >= 0.6 is 0 Å². The molecule has 0 aromatic heterocycles. The quantitative estimate of drug-likeness (QED) is 0.708. The molecule has 4 nitrogen and oxygen atoms in total. The van der Waals surface area contributed by atoms with Crippen LogP contribution in [0.4, 0.5) is 0 Å². The van der Waals surface area contributed by atoms with Gasteiger partial charge in [0.1, 0.15) is 0 Å². The monoisotopic (exact) mass is 207 g/mol. The third-order valence-corrected chi connectivity index (χ3v) is 4.39. The molecular formula is C8H17NO3S. The standard InChI is InChI=1S/C8H17NO3S/c1-2-13(11,12)9-5-3-8(7-9)4-6-10/h8,10H,2-7H2,1H3. The maximum atomic E-state index is 11.4. The van der Waals surface area contributed by atoms with Crippen molar-refractivity contribution in [2.75, 3.05) is 25.4 Å². The highest BCUT2D eigenvalue weighted by Gasteiger charge is 2.29. The fourth-order valence-electron chi connectivity index (χ4n) is 1.65. The van der Waals surface area contributed by atoms with E-state index < -0.39 is 10.0 Å². The Hall–Kier alpha value is -0.130. The fourth-order valence-corrected chi connectivity index (χ4v) is 2.84. The minimum Gasteiger partial charge on any atom is -0.396 e. The lowest BCUT2D eigenvalue weighted by Crippen LogP contribution is -2.30. The third kappa shape index (κ3) is 2.65. The van der Waals surface area contributed by atoms with Crippen molar-refractivity contribution in [1.82, 2.24) is 4.31 Å². The topological polar surface area (TPSA) is 57.6 Å². The molecule has 0 bridgehead atoms. The number of hydrogen-bond acceptors (Lipinski definition) is 3. The van der Waals surface area contributed by atoms with Gasteiger partial charge in [-0.05, 0) is 25.7 Å². The molecule has 0 spiro atoms. The van der Waals surface area contributed by atoms with Crippen molar-refractivity contribution in [2.45, 2.75) is 19.8 Å². The van der Waals surface area contributed by atoms with E-state index >= 15 is 0 Å². The zero-order chi connectivity index (χ0) is 9.90. The molecule has 1 rings (SSSR count). The Kier molecular flexibility index (Phi) is 3.70. The average molecular weight is 207 g/mol. The number of nitrogens with zero attached hydrogens (tertiary/aromatic N) is 1. The summed E-state index contributed by atoms with van der Waals surface area (Å²) in [5.74, 6) is 0.532. The molecule has 5 heteroatoms. The van der Waals surface area contributed by atoms with Crippen LogP contribution in [0.3, 0.4) is 0 Å². The predicted molar refractivity (Wildman–Crippen MR) is 50.8 cm³/mol. The fraction of sp³-hybridized carbons (Fsp3) is 1.00. The van der Waals surface area contributed by atoms with Crippen molar-refractivity contribution in [3.63, 3.8) is 0 Å². The highest BCUT2D eigenvalue weighted by Crippen LogP contribution is 2.21.